The van der Waals surface area contributed by atoms with Gasteiger partial charge in [-0.1, -0.05) is 22.0 Å². The maximum absolute atomic E-state index is 11.9. The molecule has 0 radical (unpaired) electrons. The predicted octanol–water partition coefficient (Wildman–Crippen LogP) is 2.57. The fraction of sp³-hybridized carbons (Fsp3) is 0.357. The van der Waals surface area contributed by atoms with E-state index in [2.05, 4.69) is 26.1 Å². The van der Waals surface area contributed by atoms with E-state index >= 15 is 0 Å². The van der Waals surface area contributed by atoms with Gasteiger partial charge in [0, 0.05) is 9.86 Å². The molecule has 0 atom stereocenters. The van der Waals surface area contributed by atoms with Gasteiger partial charge in [-0.15, -0.1) is 0 Å². The molecule has 0 fully saturated rings. The second kappa shape index (κ2) is 5.36. The summed E-state index contributed by atoms with van der Waals surface area (Å²) in [4.78, 5) is 23.6. The van der Waals surface area contributed by atoms with Crippen LogP contribution < -0.4 is 5.56 Å². The molecule has 0 saturated carbocycles. The summed E-state index contributed by atoms with van der Waals surface area (Å²) in [6, 6.07) is 5.28. The smallest absolute Gasteiger partial charge is 0.312 e. The number of nitrogens with zero attached hydrogens (tertiary/aromatic N) is 1. The number of benzene rings is 1. The number of H-pyrrole nitrogens is 1. The number of esters is 1. The highest BCUT2D eigenvalue weighted by Gasteiger charge is 2.18. The number of ether oxygens (including phenoxy) is 1. The molecular weight excluding hydrogens is 324 g/mol. The Hall–Kier alpha value is -1.69. The largest absolute Gasteiger partial charge is 0.460 e. The van der Waals surface area contributed by atoms with Crippen molar-refractivity contribution in [1.29, 1.82) is 0 Å². The Bertz CT molecular complexity index is 716. The van der Waals surface area contributed by atoms with Gasteiger partial charge in [-0.2, -0.15) is 5.10 Å². The van der Waals surface area contributed by atoms with E-state index in [1.54, 1.807) is 32.9 Å². The Morgan fingerprint density at radius 3 is 2.70 bits per heavy atom. The Kier molecular flexibility index (Phi) is 3.94. The van der Waals surface area contributed by atoms with Gasteiger partial charge >= 0.3 is 5.97 Å². The second-order valence-corrected chi connectivity index (χ2v) is 6.37. The van der Waals surface area contributed by atoms with Gasteiger partial charge < -0.3 is 4.74 Å². The minimum atomic E-state index is -0.544. The summed E-state index contributed by atoms with van der Waals surface area (Å²) in [5.41, 5.74) is -0.325. The quantitative estimate of drug-likeness (QED) is 0.854. The van der Waals surface area contributed by atoms with E-state index in [0.717, 1.165) is 4.47 Å². The monoisotopic (exact) mass is 338 g/mol. The third-order valence-corrected chi connectivity index (χ3v) is 3.05. The highest BCUT2D eigenvalue weighted by Crippen LogP contribution is 2.19. The van der Waals surface area contributed by atoms with Crippen LogP contribution in [0, 0.1) is 0 Å². The molecule has 1 aromatic carbocycles. The Balaban J connectivity index is 2.39. The van der Waals surface area contributed by atoms with E-state index in [0.29, 0.717) is 16.5 Å². The van der Waals surface area contributed by atoms with Crippen molar-refractivity contribution < 1.29 is 9.53 Å². The zero-order valence-corrected chi connectivity index (χ0v) is 13.1. The van der Waals surface area contributed by atoms with E-state index in [1.807, 2.05) is 6.07 Å². The van der Waals surface area contributed by atoms with Crippen molar-refractivity contribution in [3.8, 4) is 0 Å². The Morgan fingerprint density at radius 1 is 1.35 bits per heavy atom. The molecule has 1 aromatic heterocycles. The summed E-state index contributed by atoms with van der Waals surface area (Å²) >= 11 is 3.32. The first-order valence-electron chi connectivity index (χ1n) is 6.15. The molecule has 2 aromatic rings. The Labute approximate surface area is 124 Å². The van der Waals surface area contributed by atoms with Crippen LogP contribution in [0.25, 0.3) is 10.8 Å². The summed E-state index contributed by atoms with van der Waals surface area (Å²) in [7, 11) is 0. The first-order chi connectivity index (χ1) is 9.26. The number of rotatable bonds is 2. The standard InChI is InChI=1S/C14H15BrN2O3/c1-14(2,3)20-12(18)7-11-9-5-4-8(15)6-10(9)13(19)17-16-11/h4-6H,7H2,1-3H3,(H,17,19). The third kappa shape index (κ3) is 3.45. The zero-order valence-electron chi connectivity index (χ0n) is 11.5. The van der Waals surface area contributed by atoms with E-state index in [-0.39, 0.29) is 17.9 Å². The second-order valence-electron chi connectivity index (χ2n) is 5.45. The zero-order chi connectivity index (χ0) is 14.9. The number of hydrogen-bond acceptors (Lipinski definition) is 4. The molecule has 0 aliphatic carbocycles. The highest BCUT2D eigenvalue weighted by molar-refractivity contribution is 9.10. The number of carbonyl (C=O) groups is 1. The van der Waals surface area contributed by atoms with Crippen molar-refractivity contribution in [2.75, 3.05) is 0 Å². The normalized spacial score (nSPS) is 11.6. The van der Waals surface area contributed by atoms with Gasteiger partial charge in [-0.25, -0.2) is 5.10 Å². The number of nitrogens with one attached hydrogen (secondary N) is 1. The van der Waals surface area contributed by atoms with E-state index in [1.165, 1.54) is 0 Å². The summed E-state index contributed by atoms with van der Waals surface area (Å²) in [6.45, 7) is 5.42. The lowest BCUT2D eigenvalue weighted by molar-refractivity contribution is -0.153. The molecule has 5 nitrogen and oxygen atoms in total. The van der Waals surface area contributed by atoms with E-state index in [9.17, 15) is 9.59 Å². The van der Waals surface area contributed by atoms with Crippen LogP contribution in [0.15, 0.2) is 27.5 Å². The lowest BCUT2D eigenvalue weighted by Crippen LogP contribution is -2.25. The lowest BCUT2D eigenvalue weighted by atomic mass is 10.1. The predicted molar refractivity (Wildman–Crippen MR) is 79.6 cm³/mol. The van der Waals surface area contributed by atoms with Crippen molar-refractivity contribution in [1.82, 2.24) is 10.2 Å². The number of hydrogen-bond donors (Lipinski definition) is 1. The molecule has 1 heterocycles. The molecule has 106 valence electrons. The van der Waals surface area contributed by atoms with Crippen molar-refractivity contribution in [2.45, 2.75) is 32.8 Å². The van der Waals surface area contributed by atoms with Gasteiger partial charge in [-0.3, -0.25) is 9.59 Å². The average Bonchev–Trinajstić information content (AvgIpc) is 2.30. The van der Waals surface area contributed by atoms with Gasteiger partial charge in [0.05, 0.1) is 17.5 Å². The van der Waals surface area contributed by atoms with Crippen molar-refractivity contribution in [2.24, 2.45) is 0 Å². The van der Waals surface area contributed by atoms with Crippen LogP contribution in [0.5, 0.6) is 0 Å². The average molecular weight is 339 g/mol. The topological polar surface area (TPSA) is 72.0 Å². The van der Waals surface area contributed by atoms with Gasteiger partial charge in [-0.05, 0) is 32.9 Å². The Morgan fingerprint density at radius 2 is 2.05 bits per heavy atom. The molecular formula is C14H15BrN2O3. The van der Waals surface area contributed by atoms with Crippen LogP contribution in [0.2, 0.25) is 0 Å². The third-order valence-electron chi connectivity index (χ3n) is 2.56. The number of aromatic nitrogens is 2. The van der Waals surface area contributed by atoms with E-state index < -0.39 is 5.60 Å². The fourth-order valence-corrected chi connectivity index (χ4v) is 2.20. The van der Waals surface area contributed by atoms with Crippen molar-refractivity contribution in [3.63, 3.8) is 0 Å². The van der Waals surface area contributed by atoms with Crippen LogP contribution >= 0.6 is 15.9 Å². The fourth-order valence-electron chi connectivity index (χ4n) is 1.84. The number of carbonyl (C=O) groups excluding carboxylic acids is 1. The molecule has 1 N–H and O–H groups in total. The summed E-state index contributed by atoms with van der Waals surface area (Å²) in [5.74, 6) is -0.374. The summed E-state index contributed by atoms with van der Waals surface area (Å²) in [6.07, 6.45) is 0.0200. The molecule has 0 aliphatic heterocycles. The van der Waals surface area contributed by atoms with Crippen molar-refractivity contribution in [3.05, 3.63) is 38.7 Å². The molecule has 20 heavy (non-hydrogen) atoms. The van der Waals surface area contributed by atoms with Gasteiger partial charge in [0.25, 0.3) is 5.56 Å². The number of aromatic amines is 1. The highest BCUT2D eigenvalue weighted by atomic mass is 79.9. The minimum absolute atomic E-state index is 0.0200. The molecule has 0 spiro atoms. The van der Waals surface area contributed by atoms with E-state index in [4.69, 9.17) is 4.74 Å². The molecule has 2 rings (SSSR count). The SMILES string of the molecule is CC(C)(C)OC(=O)Cc1n[nH]c(=O)c2cc(Br)ccc12. The van der Waals surface area contributed by atoms with Gasteiger partial charge in [0.1, 0.15) is 5.60 Å². The number of halogens is 1. The van der Waals surface area contributed by atoms with Crippen LogP contribution in [0.1, 0.15) is 26.5 Å². The first-order valence-corrected chi connectivity index (χ1v) is 6.94. The van der Waals surface area contributed by atoms with Crippen molar-refractivity contribution >= 4 is 32.7 Å². The molecule has 0 saturated heterocycles. The first kappa shape index (κ1) is 14.7. The maximum atomic E-state index is 11.9. The van der Waals surface area contributed by atoms with Crippen LogP contribution in [0.4, 0.5) is 0 Å². The minimum Gasteiger partial charge on any atom is -0.460 e. The van der Waals surface area contributed by atoms with Gasteiger partial charge in [0.2, 0.25) is 0 Å². The molecule has 0 amide bonds. The molecule has 0 aliphatic rings. The van der Waals surface area contributed by atoms with Crippen LogP contribution in [-0.4, -0.2) is 21.8 Å². The molecule has 0 unspecified atom stereocenters. The van der Waals surface area contributed by atoms with Crippen LogP contribution in [-0.2, 0) is 16.0 Å². The van der Waals surface area contributed by atoms with Crippen LogP contribution in [0.3, 0.4) is 0 Å². The number of fused-ring (bicyclic) bond motifs is 1. The summed E-state index contributed by atoms with van der Waals surface area (Å²) < 4.78 is 6.06. The lowest BCUT2D eigenvalue weighted by Gasteiger charge is -2.19. The summed E-state index contributed by atoms with van der Waals surface area (Å²) in [5, 5.41) is 7.51. The van der Waals surface area contributed by atoms with Gasteiger partial charge in [0.15, 0.2) is 0 Å². The maximum Gasteiger partial charge on any atom is 0.312 e. The molecule has 0 bridgehead atoms. The molecule has 6 heteroatoms.